The highest BCUT2D eigenvalue weighted by molar-refractivity contribution is 7.89. The molecule has 3 heterocycles. The van der Waals surface area contributed by atoms with Crippen molar-refractivity contribution in [2.24, 2.45) is 0 Å². The fourth-order valence-corrected chi connectivity index (χ4v) is 6.30. The van der Waals surface area contributed by atoms with Crippen LogP contribution in [0, 0.1) is 6.92 Å². The number of benzene rings is 2. The fourth-order valence-electron chi connectivity index (χ4n) is 5.16. The number of morpholine rings is 1. The SMILES string of the molecule is Cc1ccc2cc(-c3cc(S(=O)(=O)N(C)CC(=O)N4CCOC[C@H]4C)ccc3N3CCCC3)[nH]c2c1. The molecule has 1 N–H and O–H groups in total. The Bertz CT molecular complexity index is 1380. The number of amides is 1. The van der Waals surface area contributed by atoms with E-state index in [-0.39, 0.29) is 23.4 Å². The number of carbonyl (C=O) groups is 1. The van der Waals surface area contributed by atoms with E-state index in [0.29, 0.717) is 19.8 Å². The quantitative estimate of drug-likeness (QED) is 0.548. The summed E-state index contributed by atoms with van der Waals surface area (Å²) in [7, 11) is -2.41. The van der Waals surface area contributed by atoms with Gasteiger partial charge in [-0.25, -0.2) is 8.42 Å². The molecule has 2 aliphatic heterocycles. The highest BCUT2D eigenvalue weighted by Gasteiger charge is 2.30. The summed E-state index contributed by atoms with van der Waals surface area (Å²) >= 11 is 0. The summed E-state index contributed by atoms with van der Waals surface area (Å²) in [6.07, 6.45) is 2.24. The van der Waals surface area contributed by atoms with Crippen LogP contribution in [0.5, 0.6) is 0 Å². The van der Waals surface area contributed by atoms with Gasteiger partial charge in [0.2, 0.25) is 15.9 Å². The van der Waals surface area contributed by atoms with Crippen molar-refractivity contribution in [2.75, 3.05) is 51.3 Å². The number of anilines is 1. The van der Waals surface area contributed by atoms with Crippen molar-refractivity contribution in [1.29, 1.82) is 0 Å². The number of fused-ring (bicyclic) bond motifs is 1. The van der Waals surface area contributed by atoms with Crippen LogP contribution in [0.3, 0.4) is 0 Å². The summed E-state index contributed by atoms with van der Waals surface area (Å²) in [4.78, 5) is 20.6. The van der Waals surface area contributed by atoms with Gasteiger partial charge in [0.25, 0.3) is 0 Å². The minimum Gasteiger partial charge on any atom is -0.377 e. The molecule has 2 saturated heterocycles. The van der Waals surface area contributed by atoms with Crippen LogP contribution in [-0.4, -0.2) is 81.0 Å². The monoisotopic (exact) mass is 510 g/mol. The summed E-state index contributed by atoms with van der Waals surface area (Å²) in [5.74, 6) is -0.211. The number of ether oxygens (including phenoxy) is 1. The molecule has 0 saturated carbocycles. The average molecular weight is 511 g/mol. The normalized spacial score (nSPS) is 18.9. The molecule has 2 aromatic carbocycles. The lowest BCUT2D eigenvalue weighted by Crippen LogP contribution is -2.50. The third-order valence-electron chi connectivity index (χ3n) is 7.24. The van der Waals surface area contributed by atoms with Gasteiger partial charge in [0.05, 0.1) is 30.7 Å². The van der Waals surface area contributed by atoms with E-state index in [2.05, 4.69) is 41.1 Å². The molecule has 1 atom stereocenters. The van der Waals surface area contributed by atoms with E-state index in [1.807, 2.05) is 13.0 Å². The van der Waals surface area contributed by atoms with Gasteiger partial charge >= 0.3 is 0 Å². The molecule has 1 aromatic heterocycles. The summed E-state index contributed by atoms with van der Waals surface area (Å²) in [5.41, 5.74) is 4.94. The smallest absolute Gasteiger partial charge is 0.243 e. The van der Waals surface area contributed by atoms with E-state index in [4.69, 9.17) is 4.74 Å². The minimum atomic E-state index is -3.88. The van der Waals surface area contributed by atoms with Crippen LogP contribution in [-0.2, 0) is 19.6 Å². The van der Waals surface area contributed by atoms with Gasteiger partial charge in [0.15, 0.2) is 0 Å². The number of aryl methyl sites for hydroxylation is 1. The van der Waals surface area contributed by atoms with Gasteiger partial charge in [-0.3, -0.25) is 4.79 Å². The van der Waals surface area contributed by atoms with Crippen molar-refractivity contribution in [2.45, 2.75) is 37.6 Å². The zero-order chi connectivity index (χ0) is 25.4. The zero-order valence-corrected chi connectivity index (χ0v) is 22.0. The Hall–Kier alpha value is -2.88. The molecule has 0 aliphatic carbocycles. The lowest BCUT2D eigenvalue weighted by Gasteiger charge is -2.34. The van der Waals surface area contributed by atoms with Crippen molar-refractivity contribution in [3.8, 4) is 11.3 Å². The van der Waals surface area contributed by atoms with Gasteiger partial charge in [-0.2, -0.15) is 4.31 Å². The summed E-state index contributed by atoms with van der Waals surface area (Å²) < 4.78 is 33.7. The Balaban J connectivity index is 1.49. The number of carbonyl (C=O) groups excluding carboxylic acids is 1. The molecule has 8 nitrogen and oxygen atoms in total. The average Bonchev–Trinajstić information content (AvgIpc) is 3.53. The van der Waals surface area contributed by atoms with Crippen molar-refractivity contribution in [1.82, 2.24) is 14.2 Å². The first-order valence-electron chi connectivity index (χ1n) is 12.6. The molecule has 0 unspecified atom stereocenters. The molecular weight excluding hydrogens is 476 g/mol. The molecule has 1 amide bonds. The van der Waals surface area contributed by atoms with Gasteiger partial charge in [-0.1, -0.05) is 12.1 Å². The molecule has 3 aromatic rings. The predicted octanol–water partition coefficient (Wildman–Crippen LogP) is 3.61. The molecule has 192 valence electrons. The van der Waals surface area contributed by atoms with Gasteiger partial charge in [0.1, 0.15) is 0 Å². The Morgan fingerprint density at radius 3 is 2.64 bits per heavy atom. The molecule has 0 spiro atoms. The highest BCUT2D eigenvalue weighted by Crippen LogP contribution is 2.36. The number of likely N-dealkylation sites (N-methyl/N-ethyl adjacent to an activating group) is 1. The third kappa shape index (κ3) is 4.75. The minimum absolute atomic E-state index is 0.0700. The van der Waals surface area contributed by atoms with E-state index in [0.717, 1.165) is 63.6 Å². The van der Waals surface area contributed by atoms with E-state index in [9.17, 15) is 13.2 Å². The van der Waals surface area contributed by atoms with E-state index in [1.165, 1.54) is 7.05 Å². The van der Waals surface area contributed by atoms with Crippen LogP contribution in [0.2, 0.25) is 0 Å². The second-order valence-corrected chi connectivity index (χ2v) is 12.0. The van der Waals surface area contributed by atoms with Gasteiger partial charge < -0.3 is 19.5 Å². The number of H-pyrrole nitrogens is 1. The lowest BCUT2D eigenvalue weighted by molar-refractivity contribution is -0.139. The molecule has 36 heavy (non-hydrogen) atoms. The first-order chi connectivity index (χ1) is 17.2. The van der Waals surface area contributed by atoms with Gasteiger partial charge in [-0.15, -0.1) is 0 Å². The number of aromatic nitrogens is 1. The Labute approximate surface area is 212 Å². The maximum absolute atomic E-state index is 13.6. The third-order valence-corrected chi connectivity index (χ3v) is 9.04. The van der Waals surface area contributed by atoms with Crippen molar-refractivity contribution >= 4 is 32.5 Å². The standard InChI is InChI=1S/C27H34N4O4S/c1-19-6-7-21-15-25(28-24(21)14-19)23-16-22(8-9-26(23)30-10-4-5-11-30)36(33,34)29(3)17-27(32)31-12-13-35-18-20(31)2/h6-9,14-16,20,28H,4-5,10-13,17-18H2,1-3H3/t20-/m1/s1. The number of nitrogens with zero attached hydrogens (tertiary/aromatic N) is 3. The molecule has 2 aliphatic rings. The largest absolute Gasteiger partial charge is 0.377 e. The first kappa shape index (κ1) is 24.8. The van der Waals surface area contributed by atoms with E-state index >= 15 is 0 Å². The molecule has 2 fully saturated rings. The lowest BCUT2D eigenvalue weighted by atomic mass is 10.1. The topological polar surface area (TPSA) is 85.9 Å². The van der Waals surface area contributed by atoms with Crippen LogP contribution in [0.15, 0.2) is 47.4 Å². The van der Waals surface area contributed by atoms with E-state index in [1.54, 1.807) is 17.0 Å². The second kappa shape index (κ2) is 9.88. The summed E-state index contributed by atoms with van der Waals surface area (Å²) in [5, 5.41) is 1.08. The molecule has 5 rings (SSSR count). The van der Waals surface area contributed by atoms with Crippen LogP contribution >= 0.6 is 0 Å². The first-order valence-corrected chi connectivity index (χ1v) is 14.0. The highest BCUT2D eigenvalue weighted by atomic mass is 32.2. The Morgan fingerprint density at radius 2 is 1.89 bits per heavy atom. The maximum atomic E-state index is 13.6. The maximum Gasteiger partial charge on any atom is 0.243 e. The van der Waals surface area contributed by atoms with E-state index < -0.39 is 10.0 Å². The van der Waals surface area contributed by atoms with Crippen LogP contribution < -0.4 is 4.90 Å². The number of hydrogen-bond donors (Lipinski definition) is 1. The van der Waals surface area contributed by atoms with Crippen molar-refractivity contribution in [3.05, 3.63) is 48.0 Å². The number of rotatable bonds is 6. The van der Waals surface area contributed by atoms with Crippen molar-refractivity contribution < 1.29 is 17.9 Å². The number of sulfonamides is 1. The summed E-state index contributed by atoms with van der Waals surface area (Å²) in [6, 6.07) is 13.6. The second-order valence-electron chi connectivity index (χ2n) is 9.92. The Morgan fingerprint density at radius 1 is 1.11 bits per heavy atom. The summed E-state index contributed by atoms with van der Waals surface area (Å²) in [6.45, 7) is 7.07. The zero-order valence-electron chi connectivity index (χ0n) is 21.2. The number of aromatic amines is 1. The van der Waals surface area contributed by atoms with Gasteiger partial charge in [0, 0.05) is 54.5 Å². The molecule has 9 heteroatoms. The molecule has 0 bridgehead atoms. The van der Waals surface area contributed by atoms with Crippen LogP contribution in [0.4, 0.5) is 5.69 Å². The van der Waals surface area contributed by atoms with Crippen LogP contribution in [0.25, 0.3) is 22.2 Å². The van der Waals surface area contributed by atoms with Gasteiger partial charge in [-0.05, 0) is 62.6 Å². The molecule has 0 radical (unpaired) electrons. The van der Waals surface area contributed by atoms with Crippen LogP contribution in [0.1, 0.15) is 25.3 Å². The van der Waals surface area contributed by atoms with Crippen molar-refractivity contribution in [3.63, 3.8) is 0 Å². The fraction of sp³-hybridized carbons (Fsp3) is 0.444. The predicted molar refractivity (Wildman–Crippen MR) is 142 cm³/mol. The Kier molecular flexibility index (Phi) is 6.80. The molecular formula is C27H34N4O4S. The number of nitrogens with one attached hydrogen (secondary N) is 1. The number of hydrogen-bond acceptors (Lipinski definition) is 5.